The van der Waals surface area contributed by atoms with Gasteiger partial charge in [0, 0.05) is 5.57 Å². The highest BCUT2D eigenvalue weighted by Crippen LogP contribution is 1.97. The summed E-state index contributed by atoms with van der Waals surface area (Å²) >= 11 is 0. The van der Waals surface area contributed by atoms with Crippen molar-refractivity contribution < 1.29 is 9.53 Å². The number of hydrogen-bond donors (Lipinski definition) is 0. The van der Waals surface area contributed by atoms with E-state index in [-0.39, 0.29) is 5.97 Å². The summed E-state index contributed by atoms with van der Waals surface area (Å²) in [4.78, 5) is 11.1. The van der Waals surface area contributed by atoms with Gasteiger partial charge < -0.3 is 4.74 Å². The average molecular weight is 182 g/mol. The fourth-order valence-electron chi connectivity index (χ4n) is 0.736. The third-order valence-electron chi connectivity index (χ3n) is 1.68. The molecule has 0 aromatic rings. The van der Waals surface area contributed by atoms with Crippen molar-refractivity contribution in [3.63, 3.8) is 0 Å². The Bertz CT molecular complexity index is 202. The molecule has 0 unspecified atom stereocenters. The third kappa shape index (κ3) is 6.14. The molecule has 74 valence electrons. The molecule has 0 heterocycles. The second-order valence-corrected chi connectivity index (χ2v) is 2.78. The van der Waals surface area contributed by atoms with Crippen molar-refractivity contribution in [2.75, 3.05) is 6.61 Å². The summed E-state index contributed by atoms with van der Waals surface area (Å²) in [5, 5.41) is 0. The number of hydrogen-bond acceptors (Lipinski definition) is 2. The van der Waals surface area contributed by atoms with Crippen molar-refractivity contribution in [1.82, 2.24) is 0 Å². The van der Waals surface area contributed by atoms with E-state index in [9.17, 15) is 4.79 Å². The van der Waals surface area contributed by atoms with E-state index in [4.69, 9.17) is 4.74 Å². The zero-order valence-corrected chi connectivity index (χ0v) is 8.67. The lowest BCUT2D eigenvalue weighted by molar-refractivity contribution is -0.138. The molecule has 0 aromatic heterocycles. The van der Waals surface area contributed by atoms with Crippen LogP contribution in [0.1, 0.15) is 33.6 Å². The molecule has 0 rings (SSSR count). The van der Waals surface area contributed by atoms with Gasteiger partial charge >= 0.3 is 5.97 Å². The van der Waals surface area contributed by atoms with Crippen molar-refractivity contribution in [3.8, 4) is 0 Å². The SMILES string of the molecule is C/C=C(\C)C(=O)OCC/C=C\CC. The van der Waals surface area contributed by atoms with E-state index < -0.39 is 0 Å². The molecule has 0 aliphatic rings. The Hall–Kier alpha value is -1.05. The maximum atomic E-state index is 11.1. The van der Waals surface area contributed by atoms with E-state index in [0.717, 1.165) is 12.8 Å². The van der Waals surface area contributed by atoms with Gasteiger partial charge in [0.2, 0.25) is 0 Å². The number of allylic oxidation sites excluding steroid dienone is 2. The van der Waals surface area contributed by atoms with Gasteiger partial charge in [-0.05, 0) is 26.7 Å². The molecular weight excluding hydrogens is 164 g/mol. The maximum Gasteiger partial charge on any atom is 0.333 e. The van der Waals surface area contributed by atoms with Crippen molar-refractivity contribution in [2.24, 2.45) is 0 Å². The van der Waals surface area contributed by atoms with Gasteiger partial charge in [0.15, 0.2) is 0 Å². The summed E-state index contributed by atoms with van der Waals surface area (Å²) in [5.74, 6) is -0.215. The van der Waals surface area contributed by atoms with Crippen molar-refractivity contribution in [1.29, 1.82) is 0 Å². The van der Waals surface area contributed by atoms with E-state index in [1.165, 1.54) is 0 Å². The summed E-state index contributed by atoms with van der Waals surface area (Å²) in [6, 6.07) is 0. The van der Waals surface area contributed by atoms with Gasteiger partial charge in [-0.1, -0.05) is 25.2 Å². The summed E-state index contributed by atoms with van der Waals surface area (Å²) in [7, 11) is 0. The molecule has 0 aliphatic heterocycles. The molecule has 2 nitrogen and oxygen atoms in total. The zero-order valence-electron chi connectivity index (χ0n) is 8.67. The first-order chi connectivity index (χ1) is 6.22. The van der Waals surface area contributed by atoms with Crippen LogP contribution in [0.2, 0.25) is 0 Å². The first-order valence-electron chi connectivity index (χ1n) is 4.67. The molecule has 0 atom stereocenters. The van der Waals surface area contributed by atoms with E-state index in [2.05, 4.69) is 13.0 Å². The Balaban J connectivity index is 3.54. The van der Waals surface area contributed by atoms with Gasteiger partial charge in [-0.25, -0.2) is 4.79 Å². The van der Waals surface area contributed by atoms with E-state index in [1.807, 2.05) is 13.0 Å². The second kappa shape index (κ2) is 7.59. The van der Waals surface area contributed by atoms with E-state index in [1.54, 1.807) is 13.0 Å². The van der Waals surface area contributed by atoms with Gasteiger partial charge in [-0.15, -0.1) is 0 Å². The summed E-state index contributed by atoms with van der Waals surface area (Å²) < 4.78 is 4.98. The summed E-state index contributed by atoms with van der Waals surface area (Å²) in [6.45, 7) is 6.13. The highest BCUT2D eigenvalue weighted by molar-refractivity contribution is 5.87. The Kier molecular flexibility index (Phi) is 6.98. The molecule has 0 radical (unpaired) electrons. The van der Waals surface area contributed by atoms with Gasteiger partial charge in [-0.2, -0.15) is 0 Å². The van der Waals surface area contributed by atoms with Crippen LogP contribution in [0.25, 0.3) is 0 Å². The first-order valence-corrected chi connectivity index (χ1v) is 4.67. The molecule has 0 bridgehead atoms. The van der Waals surface area contributed by atoms with Crippen molar-refractivity contribution >= 4 is 5.97 Å². The summed E-state index contributed by atoms with van der Waals surface area (Å²) in [6.07, 6.45) is 7.68. The predicted octanol–water partition coefficient (Wildman–Crippen LogP) is 2.85. The number of rotatable bonds is 5. The topological polar surface area (TPSA) is 26.3 Å². The van der Waals surface area contributed by atoms with Gasteiger partial charge in [0.05, 0.1) is 6.61 Å². The molecule has 0 saturated carbocycles. The lowest BCUT2D eigenvalue weighted by Gasteiger charge is -2.01. The van der Waals surface area contributed by atoms with Gasteiger partial charge in [0.25, 0.3) is 0 Å². The molecule has 2 heteroatoms. The summed E-state index contributed by atoms with van der Waals surface area (Å²) in [5.41, 5.74) is 0.666. The Labute approximate surface area is 80.3 Å². The van der Waals surface area contributed by atoms with Crippen LogP contribution in [0.5, 0.6) is 0 Å². The highest BCUT2D eigenvalue weighted by Gasteiger charge is 2.01. The zero-order chi connectivity index (χ0) is 10.1. The monoisotopic (exact) mass is 182 g/mol. The Morgan fingerprint density at radius 2 is 2.08 bits per heavy atom. The lowest BCUT2D eigenvalue weighted by atomic mass is 10.3. The smallest absolute Gasteiger partial charge is 0.333 e. The number of carbonyl (C=O) groups is 1. The molecule has 0 aliphatic carbocycles. The molecule has 0 amide bonds. The first kappa shape index (κ1) is 11.9. The quantitative estimate of drug-likeness (QED) is 0.283. The van der Waals surface area contributed by atoms with Crippen LogP contribution in [0, 0.1) is 0 Å². The standard InChI is InChI=1S/C11H18O2/c1-4-6-7-8-9-13-11(12)10(3)5-2/h5-7H,4,8-9H2,1-3H3/b7-6-,10-5+. The minimum Gasteiger partial charge on any atom is -0.462 e. The fraction of sp³-hybridized carbons (Fsp3) is 0.545. The van der Waals surface area contributed by atoms with Crippen LogP contribution in [-0.4, -0.2) is 12.6 Å². The fourth-order valence-corrected chi connectivity index (χ4v) is 0.736. The molecule has 0 N–H and O–H groups in total. The van der Waals surface area contributed by atoms with Crippen LogP contribution in [-0.2, 0) is 9.53 Å². The van der Waals surface area contributed by atoms with E-state index >= 15 is 0 Å². The minimum atomic E-state index is -0.215. The van der Waals surface area contributed by atoms with Crippen molar-refractivity contribution in [3.05, 3.63) is 23.8 Å². The van der Waals surface area contributed by atoms with E-state index in [0.29, 0.717) is 12.2 Å². The van der Waals surface area contributed by atoms with Gasteiger partial charge in [-0.3, -0.25) is 0 Å². The van der Waals surface area contributed by atoms with Gasteiger partial charge in [0.1, 0.15) is 0 Å². The van der Waals surface area contributed by atoms with Crippen molar-refractivity contribution in [2.45, 2.75) is 33.6 Å². The molecule has 0 fully saturated rings. The van der Waals surface area contributed by atoms with Crippen LogP contribution >= 0.6 is 0 Å². The largest absolute Gasteiger partial charge is 0.462 e. The second-order valence-electron chi connectivity index (χ2n) is 2.78. The van der Waals surface area contributed by atoms with Crippen LogP contribution in [0.4, 0.5) is 0 Å². The highest BCUT2D eigenvalue weighted by atomic mass is 16.5. The average Bonchev–Trinajstić information content (AvgIpc) is 2.16. The number of ether oxygens (including phenoxy) is 1. The molecule has 0 aromatic carbocycles. The Morgan fingerprint density at radius 1 is 1.38 bits per heavy atom. The number of esters is 1. The molecule has 0 spiro atoms. The Morgan fingerprint density at radius 3 is 2.62 bits per heavy atom. The van der Waals surface area contributed by atoms with Crippen LogP contribution in [0.15, 0.2) is 23.8 Å². The minimum absolute atomic E-state index is 0.215. The molecule has 13 heavy (non-hydrogen) atoms. The predicted molar refractivity (Wildman–Crippen MR) is 54.4 cm³/mol. The number of carbonyl (C=O) groups excluding carboxylic acids is 1. The normalized spacial score (nSPS) is 12.1. The lowest BCUT2D eigenvalue weighted by Crippen LogP contribution is -2.06. The third-order valence-corrected chi connectivity index (χ3v) is 1.68. The molecular formula is C11H18O2. The van der Waals surface area contributed by atoms with Crippen LogP contribution < -0.4 is 0 Å². The molecule has 0 saturated heterocycles. The van der Waals surface area contributed by atoms with Crippen LogP contribution in [0.3, 0.4) is 0 Å². The maximum absolute atomic E-state index is 11.1.